The number of phenols is 1. The number of anilines is 1. The largest absolute Gasteiger partial charge is 0.507 e. The van der Waals surface area contributed by atoms with Gasteiger partial charge in [-0.3, -0.25) is 0 Å². The fraction of sp³-hybridized carbons (Fsp3) is 0.222. The van der Waals surface area contributed by atoms with Crippen LogP contribution in [0.4, 0.5) is 5.82 Å². The van der Waals surface area contributed by atoms with Gasteiger partial charge in [-0.1, -0.05) is 24.3 Å². The van der Waals surface area contributed by atoms with Crippen LogP contribution in [0.1, 0.15) is 13.8 Å². The predicted molar refractivity (Wildman–Crippen MR) is 90.2 cm³/mol. The first-order valence-electron chi connectivity index (χ1n) is 7.54. The maximum Gasteiger partial charge on any atom is 0.165 e. The summed E-state index contributed by atoms with van der Waals surface area (Å²) in [6.45, 7) is 5.97. The van der Waals surface area contributed by atoms with E-state index < -0.39 is 0 Å². The van der Waals surface area contributed by atoms with Crippen molar-refractivity contribution in [2.45, 2.75) is 13.8 Å². The third-order valence-electron chi connectivity index (χ3n) is 3.79. The van der Waals surface area contributed by atoms with Gasteiger partial charge in [0, 0.05) is 18.5 Å². The molecule has 112 valence electrons. The Labute approximate surface area is 130 Å². The van der Waals surface area contributed by atoms with Gasteiger partial charge in [0.25, 0.3) is 0 Å². The van der Waals surface area contributed by atoms with Crippen LogP contribution >= 0.6 is 0 Å². The Morgan fingerprint density at radius 2 is 1.59 bits per heavy atom. The molecular weight excluding hydrogens is 274 g/mol. The predicted octanol–water partition coefficient (Wildman–Crippen LogP) is 3.85. The molecule has 1 N–H and O–H groups in total. The molecule has 0 saturated heterocycles. The number of aromatic nitrogens is 2. The summed E-state index contributed by atoms with van der Waals surface area (Å²) < 4.78 is 0. The van der Waals surface area contributed by atoms with Crippen LogP contribution in [0.3, 0.4) is 0 Å². The number of fused-ring (bicyclic) bond motifs is 1. The molecule has 4 nitrogen and oxygen atoms in total. The smallest absolute Gasteiger partial charge is 0.165 e. The first-order chi connectivity index (χ1) is 10.7. The number of para-hydroxylation sites is 2. The van der Waals surface area contributed by atoms with E-state index in [-0.39, 0.29) is 5.75 Å². The van der Waals surface area contributed by atoms with E-state index in [1.165, 1.54) is 0 Å². The Morgan fingerprint density at radius 1 is 0.909 bits per heavy atom. The van der Waals surface area contributed by atoms with Crippen molar-refractivity contribution in [2.24, 2.45) is 0 Å². The lowest BCUT2D eigenvalue weighted by molar-refractivity contribution is 0.477. The van der Waals surface area contributed by atoms with Gasteiger partial charge in [-0.05, 0) is 38.1 Å². The normalized spacial score (nSPS) is 10.8. The lowest BCUT2D eigenvalue weighted by Crippen LogP contribution is -2.23. The second-order valence-electron chi connectivity index (χ2n) is 5.08. The summed E-state index contributed by atoms with van der Waals surface area (Å²) in [4.78, 5) is 11.6. The van der Waals surface area contributed by atoms with E-state index in [0.717, 1.165) is 29.8 Å². The second-order valence-corrected chi connectivity index (χ2v) is 5.08. The van der Waals surface area contributed by atoms with E-state index in [0.29, 0.717) is 11.4 Å². The van der Waals surface area contributed by atoms with E-state index in [4.69, 9.17) is 4.98 Å². The molecule has 2 aromatic carbocycles. The number of hydrogen-bond acceptors (Lipinski definition) is 4. The highest BCUT2D eigenvalue weighted by Gasteiger charge is 2.14. The van der Waals surface area contributed by atoms with E-state index in [1.54, 1.807) is 12.1 Å². The Kier molecular flexibility index (Phi) is 3.92. The number of nitrogens with zero attached hydrogens (tertiary/aromatic N) is 3. The van der Waals surface area contributed by atoms with E-state index in [1.807, 2.05) is 36.4 Å². The second kappa shape index (κ2) is 6.02. The summed E-state index contributed by atoms with van der Waals surface area (Å²) in [5.74, 6) is 1.66. The maximum atomic E-state index is 10.1. The molecule has 1 aromatic heterocycles. The molecule has 1 heterocycles. The summed E-state index contributed by atoms with van der Waals surface area (Å²) in [6.07, 6.45) is 0. The summed E-state index contributed by atoms with van der Waals surface area (Å²) in [6, 6.07) is 15.2. The highest BCUT2D eigenvalue weighted by molar-refractivity contribution is 5.91. The van der Waals surface area contributed by atoms with Crippen molar-refractivity contribution in [2.75, 3.05) is 18.0 Å². The van der Waals surface area contributed by atoms with Gasteiger partial charge in [0.2, 0.25) is 0 Å². The van der Waals surface area contributed by atoms with Crippen molar-refractivity contribution >= 4 is 16.7 Å². The maximum absolute atomic E-state index is 10.1. The average Bonchev–Trinajstić information content (AvgIpc) is 2.56. The summed E-state index contributed by atoms with van der Waals surface area (Å²) >= 11 is 0. The number of benzene rings is 2. The highest BCUT2D eigenvalue weighted by Crippen LogP contribution is 2.31. The van der Waals surface area contributed by atoms with Gasteiger partial charge in [0.15, 0.2) is 5.82 Å². The fourth-order valence-electron chi connectivity index (χ4n) is 2.61. The van der Waals surface area contributed by atoms with Crippen molar-refractivity contribution in [3.63, 3.8) is 0 Å². The highest BCUT2D eigenvalue weighted by atomic mass is 16.3. The molecule has 0 amide bonds. The molecule has 0 saturated carbocycles. The molecule has 3 aromatic rings. The first kappa shape index (κ1) is 14.3. The molecule has 0 fully saturated rings. The molecule has 0 aliphatic heterocycles. The van der Waals surface area contributed by atoms with Gasteiger partial charge >= 0.3 is 0 Å². The number of aromatic hydroxyl groups is 1. The van der Waals surface area contributed by atoms with Crippen molar-refractivity contribution in [1.29, 1.82) is 0 Å². The third-order valence-corrected chi connectivity index (χ3v) is 3.79. The van der Waals surface area contributed by atoms with Crippen molar-refractivity contribution in [3.05, 3.63) is 48.5 Å². The number of phenolic OH excluding ortho intramolecular Hbond substituents is 1. The Morgan fingerprint density at radius 3 is 2.32 bits per heavy atom. The van der Waals surface area contributed by atoms with Crippen molar-refractivity contribution in [1.82, 2.24) is 9.97 Å². The number of rotatable bonds is 4. The molecule has 0 bridgehead atoms. The Hall–Kier alpha value is -2.62. The molecule has 22 heavy (non-hydrogen) atoms. The van der Waals surface area contributed by atoms with Crippen LogP contribution in [0.5, 0.6) is 5.75 Å². The van der Waals surface area contributed by atoms with Gasteiger partial charge in [-0.15, -0.1) is 0 Å². The molecule has 3 rings (SSSR count). The van der Waals surface area contributed by atoms with Crippen LogP contribution in [-0.4, -0.2) is 28.2 Å². The molecule has 0 atom stereocenters. The molecule has 0 spiro atoms. The van der Waals surface area contributed by atoms with E-state index in [9.17, 15) is 5.11 Å². The lowest BCUT2D eigenvalue weighted by atomic mass is 10.1. The van der Waals surface area contributed by atoms with Crippen LogP contribution in [0, 0.1) is 0 Å². The first-order valence-corrected chi connectivity index (χ1v) is 7.54. The lowest BCUT2D eigenvalue weighted by Gasteiger charge is -2.22. The fourth-order valence-corrected chi connectivity index (χ4v) is 2.61. The van der Waals surface area contributed by atoms with Gasteiger partial charge in [0.05, 0.1) is 11.1 Å². The van der Waals surface area contributed by atoms with Crippen molar-refractivity contribution < 1.29 is 5.11 Å². The molecular formula is C18H19N3O. The molecule has 4 heteroatoms. The minimum Gasteiger partial charge on any atom is -0.507 e. The van der Waals surface area contributed by atoms with Gasteiger partial charge in [0.1, 0.15) is 11.6 Å². The van der Waals surface area contributed by atoms with Gasteiger partial charge in [-0.2, -0.15) is 0 Å². The van der Waals surface area contributed by atoms with E-state index in [2.05, 4.69) is 23.7 Å². The summed E-state index contributed by atoms with van der Waals surface area (Å²) in [7, 11) is 0. The SMILES string of the molecule is CCN(CC)c1nc(-c2ccccc2O)nc2ccccc12. The zero-order valence-electron chi connectivity index (χ0n) is 12.8. The summed E-state index contributed by atoms with van der Waals surface area (Å²) in [5, 5.41) is 11.1. The van der Waals surface area contributed by atoms with Crippen LogP contribution in [0.2, 0.25) is 0 Å². The zero-order valence-corrected chi connectivity index (χ0v) is 12.8. The van der Waals surface area contributed by atoms with Crippen LogP contribution in [0.15, 0.2) is 48.5 Å². The van der Waals surface area contributed by atoms with Gasteiger partial charge < -0.3 is 10.0 Å². The zero-order chi connectivity index (χ0) is 15.5. The average molecular weight is 293 g/mol. The van der Waals surface area contributed by atoms with Crippen LogP contribution < -0.4 is 4.90 Å². The van der Waals surface area contributed by atoms with Crippen LogP contribution in [-0.2, 0) is 0 Å². The van der Waals surface area contributed by atoms with E-state index >= 15 is 0 Å². The minimum absolute atomic E-state index is 0.197. The third kappa shape index (κ3) is 2.48. The number of hydrogen-bond donors (Lipinski definition) is 1. The summed E-state index contributed by atoms with van der Waals surface area (Å²) in [5.41, 5.74) is 1.54. The molecule has 0 aliphatic carbocycles. The quantitative estimate of drug-likeness (QED) is 0.794. The topological polar surface area (TPSA) is 49.2 Å². The molecule has 0 radical (unpaired) electrons. The monoisotopic (exact) mass is 293 g/mol. The minimum atomic E-state index is 0.197. The molecule has 0 aliphatic rings. The molecule has 0 unspecified atom stereocenters. The van der Waals surface area contributed by atoms with Crippen molar-refractivity contribution in [3.8, 4) is 17.1 Å². The Balaban J connectivity index is 2.27. The standard InChI is InChI=1S/C18H19N3O/c1-3-21(4-2)18-13-9-5-7-11-15(13)19-17(20-18)14-10-6-8-12-16(14)22/h5-12,22H,3-4H2,1-2H3. The Bertz CT molecular complexity index is 797. The van der Waals surface area contributed by atoms with Gasteiger partial charge in [-0.25, -0.2) is 9.97 Å². The van der Waals surface area contributed by atoms with Crippen LogP contribution in [0.25, 0.3) is 22.3 Å².